The minimum absolute atomic E-state index is 0.103. The Morgan fingerprint density at radius 1 is 1.33 bits per heavy atom. The second-order valence-corrected chi connectivity index (χ2v) is 3.52. The molecule has 2 aromatic heterocycles. The molecule has 0 fully saturated rings. The maximum atomic E-state index is 5.68. The van der Waals surface area contributed by atoms with Crippen LogP contribution in [0.25, 0.3) is 11.4 Å². The molecule has 1 atom stereocenters. The molecule has 0 saturated heterocycles. The molecule has 0 aliphatic rings. The fourth-order valence-electron chi connectivity index (χ4n) is 1.34. The van der Waals surface area contributed by atoms with Gasteiger partial charge in [-0.15, -0.1) is 0 Å². The summed E-state index contributed by atoms with van der Waals surface area (Å²) in [6.07, 6.45) is 7.48. The number of nitrogens with zero attached hydrogens (tertiary/aromatic N) is 3. The van der Waals surface area contributed by atoms with Crippen LogP contribution in [0.3, 0.4) is 0 Å². The first-order chi connectivity index (χ1) is 7.25. The summed E-state index contributed by atoms with van der Waals surface area (Å²) in [5.74, 6) is 0.880. The van der Waals surface area contributed by atoms with E-state index in [0.717, 1.165) is 23.6 Å². The molecule has 2 aromatic rings. The minimum atomic E-state index is 0.103. The SMILES string of the molecule is CC(N)Cc1ncc(-c2cnccn2)[nH]1. The van der Waals surface area contributed by atoms with Gasteiger partial charge in [-0.05, 0) is 6.92 Å². The second-order valence-electron chi connectivity index (χ2n) is 3.52. The highest BCUT2D eigenvalue weighted by molar-refractivity contribution is 5.51. The van der Waals surface area contributed by atoms with Gasteiger partial charge in [-0.3, -0.25) is 9.97 Å². The smallest absolute Gasteiger partial charge is 0.108 e. The number of aromatic nitrogens is 4. The van der Waals surface area contributed by atoms with E-state index < -0.39 is 0 Å². The van der Waals surface area contributed by atoms with Gasteiger partial charge in [-0.2, -0.15) is 0 Å². The number of hydrogen-bond donors (Lipinski definition) is 2. The third-order valence-corrected chi connectivity index (χ3v) is 1.98. The van der Waals surface area contributed by atoms with Gasteiger partial charge in [0, 0.05) is 24.9 Å². The number of nitrogens with one attached hydrogen (secondary N) is 1. The molecule has 0 bridgehead atoms. The summed E-state index contributed by atoms with van der Waals surface area (Å²) in [4.78, 5) is 15.6. The van der Waals surface area contributed by atoms with Crippen molar-refractivity contribution < 1.29 is 0 Å². The lowest BCUT2D eigenvalue weighted by Crippen LogP contribution is -2.18. The summed E-state index contributed by atoms with van der Waals surface area (Å²) in [6, 6.07) is 0.103. The van der Waals surface area contributed by atoms with E-state index in [1.165, 1.54) is 0 Å². The van der Waals surface area contributed by atoms with Crippen LogP contribution in [0.2, 0.25) is 0 Å². The molecule has 0 aliphatic heterocycles. The van der Waals surface area contributed by atoms with Crippen LogP contribution in [0.4, 0.5) is 0 Å². The predicted octanol–water partition coefficient (Wildman–Crippen LogP) is 0.756. The topological polar surface area (TPSA) is 80.5 Å². The molecule has 15 heavy (non-hydrogen) atoms. The van der Waals surface area contributed by atoms with Crippen LogP contribution in [0.15, 0.2) is 24.8 Å². The van der Waals surface area contributed by atoms with Crippen LogP contribution in [-0.4, -0.2) is 26.0 Å². The molecule has 0 spiro atoms. The van der Waals surface area contributed by atoms with Gasteiger partial charge in [0.05, 0.1) is 18.1 Å². The average molecular weight is 203 g/mol. The third-order valence-electron chi connectivity index (χ3n) is 1.98. The van der Waals surface area contributed by atoms with Crippen molar-refractivity contribution in [1.82, 2.24) is 19.9 Å². The molecule has 0 aliphatic carbocycles. The maximum Gasteiger partial charge on any atom is 0.108 e. The zero-order chi connectivity index (χ0) is 10.7. The van der Waals surface area contributed by atoms with Crippen molar-refractivity contribution in [2.75, 3.05) is 0 Å². The number of hydrogen-bond acceptors (Lipinski definition) is 4. The van der Waals surface area contributed by atoms with Crippen molar-refractivity contribution >= 4 is 0 Å². The van der Waals surface area contributed by atoms with Crippen molar-refractivity contribution in [2.45, 2.75) is 19.4 Å². The Kier molecular flexibility index (Phi) is 2.73. The summed E-state index contributed by atoms with van der Waals surface area (Å²) < 4.78 is 0. The lowest BCUT2D eigenvalue weighted by atomic mass is 10.2. The van der Waals surface area contributed by atoms with Gasteiger partial charge in [-0.25, -0.2) is 4.98 Å². The van der Waals surface area contributed by atoms with E-state index in [-0.39, 0.29) is 6.04 Å². The normalized spacial score (nSPS) is 12.7. The van der Waals surface area contributed by atoms with Gasteiger partial charge in [0.1, 0.15) is 11.5 Å². The fraction of sp³-hybridized carbons (Fsp3) is 0.300. The Morgan fingerprint density at radius 3 is 2.87 bits per heavy atom. The van der Waals surface area contributed by atoms with Crippen LogP contribution in [0.1, 0.15) is 12.7 Å². The first-order valence-corrected chi connectivity index (χ1v) is 4.81. The molecule has 78 valence electrons. The zero-order valence-electron chi connectivity index (χ0n) is 8.51. The fourth-order valence-corrected chi connectivity index (χ4v) is 1.34. The standard InChI is InChI=1S/C10H13N5/c1-7(11)4-10-14-6-9(15-10)8-5-12-2-3-13-8/h2-3,5-7H,4,11H2,1H3,(H,14,15). The van der Waals surface area contributed by atoms with Crippen molar-refractivity contribution in [1.29, 1.82) is 0 Å². The highest BCUT2D eigenvalue weighted by Gasteiger charge is 2.05. The van der Waals surface area contributed by atoms with E-state index in [2.05, 4.69) is 19.9 Å². The zero-order valence-corrected chi connectivity index (χ0v) is 8.51. The largest absolute Gasteiger partial charge is 0.341 e. The third kappa shape index (κ3) is 2.38. The number of nitrogens with two attached hydrogens (primary N) is 1. The molecule has 2 rings (SSSR count). The molecule has 0 aromatic carbocycles. The Morgan fingerprint density at radius 2 is 2.20 bits per heavy atom. The van der Waals surface area contributed by atoms with Gasteiger partial charge in [-0.1, -0.05) is 0 Å². The molecule has 0 radical (unpaired) electrons. The number of aromatic amines is 1. The van der Waals surface area contributed by atoms with E-state index in [0.29, 0.717) is 0 Å². The molecule has 0 saturated carbocycles. The van der Waals surface area contributed by atoms with Gasteiger partial charge < -0.3 is 10.7 Å². The predicted molar refractivity (Wildman–Crippen MR) is 57.0 cm³/mol. The van der Waals surface area contributed by atoms with E-state index in [9.17, 15) is 0 Å². The molecule has 5 heteroatoms. The van der Waals surface area contributed by atoms with Gasteiger partial charge in [0.2, 0.25) is 0 Å². The lowest BCUT2D eigenvalue weighted by molar-refractivity contribution is 0.710. The van der Waals surface area contributed by atoms with Crippen LogP contribution >= 0.6 is 0 Å². The summed E-state index contributed by atoms with van der Waals surface area (Å²) in [6.45, 7) is 1.95. The number of rotatable bonds is 3. The van der Waals surface area contributed by atoms with Crippen LogP contribution < -0.4 is 5.73 Å². The maximum absolute atomic E-state index is 5.68. The molecule has 5 nitrogen and oxygen atoms in total. The summed E-state index contributed by atoms with van der Waals surface area (Å²) >= 11 is 0. The van der Waals surface area contributed by atoms with Crippen LogP contribution in [-0.2, 0) is 6.42 Å². The highest BCUT2D eigenvalue weighted by atomic mass is 14.9. The lowest BCUT2D eigenvalue weighted by Gasteiger charge is -2.00. The average Bonchev–Trinajstić information content (AvgIpc) is 2.67. The minimum Gasteiger partial charge on any atom is -0.341 e. The van der Waals surface area contributed by atoms with Crippen molar-refractivity contribution in [2.24, 2.45) is 5.73 Å². The Bertz CT molecular complexity index is 420. The summed E-state index contributed by atoms with van der Waals surface area (Å²) in [5.41, 5.74) is 7.35. The van der Waals surface area contributed by atoms with Crippen LogP contribution in [0.5, 0.6) is 0 Å². The summed E-state index contributed by atoms with van der Waals surface area (Å²) in [7, 11) is 0. The first kappa shape index (κ1) is 9.79. The molecular weight excluding hydrogens is 190 g/mol. The van der Waals surface area contributed by atoms with E-state index in [4.69, 9.17) is 5.73 Å². The highest BCUT2D eigenvalue weighted by Crippen LogP contribution is 2.12. The van der Waals surface area contributed by atoms with Crippen molar-refractivity contribution in [3.8, 4) is 11.4 Å². The molecule has 2 heterocycles. The Hall–Kier alpha value is -1.75. The number of H-pyrrole nitrogens is 1. The first-order valence-electron chi connectivity index (χ1n) is 4.81. The quantitative estimate of drug-likeness (QED) is 0.771. The van der Waals surface area contributed by atoms with Gasteiger partial charge >= 0.3 is 0 Å². The van der Waals surface area contributed by atoms with E-state index >= 15 is 0 Å². The van der Waals surface area contributed by atoms with E-state index in [1.807, 2.05) is 6.92 Å². The van der Waals surface area contributed by atoms with Crippen LogP contribution in [0, 0.1) is 0 Å². The van der Waals surface area contributed by atoms with Gasteiger partial charge in [0.15, 0.2) is 0 Å². The van der Waals surface area contributed by atoms with Crippen molar-refractivity contribution in [3.05, 3.63) is 30.6 Å². The van der Waals surface area contributed by atoms with Crippen molar-refractivity contribution in [3.63, 3.8) is 0 Å². The molecular formula is C10H13N5. The second kappa shape index (κ2) is 4.18. The number of imidazole rings is 1. The van der Waals surface area contributed by atoms with E-state index in [1.54, 1.807) is 24.8 Å². The Balaban J connectivity index is 2.21. The molecule has 1 unspecified atom stereocenters. The molecule has 0 amide bonds. The Labute approximate surface area is 87.8 Å². The molecule has 3 N–H and O–H groups in total. The monoisotopic (exact) mass is 203 g/mol. The van der Waals surface area contributed by atoms with Gasteiger partial charge in [0.25, 0.3) is 0 Å². The summed E-state index contributed by atoms with van der Waals surface area (Å²) in [5, 5.41) is 0.